The van der Waals surface area contributed by atoms with Crippen molar-refractivity contribution in [3.63, 3.8) is 0 Å². The molecule has 0 spiro atoms. The molecule has 2 rings (SSSR count). The number of hydrogen-bond donors (Lipinski definition) is 1. The Hall–Kier alpha value is -2.43. The number of carbonyl (C=O) groups is 1. The van der Waals surface area contributed by atoms with Crippen LogP contribution >= 0.6 is 0 Å². The van der Waals surface area contributed by atoms with Crippen molar-refractivity contribution in [3.05, 3.63) is 58.0 Å². The number of nitrogens with one attached hydrogen (secondary N) is 1. The highest BCUT2D eigenvalue weighted by molar-refractivity contribution is 6.02. The number of carbonyl (C=O) groups excluding carboxylic acids is 1. The molecule has 1 heterocycles. The number of hydrogen-bond acceptors (Lipinski definition) is 3. The number of nitrogens with zero attached hydrogens (tertiary/aromatic N) is 2. The highest BCUT2D eigenvalue weighted by Crippen LogP contribution is 2.12. The molecule has 0 saturated heterocycles. The summed E-state index contributed by atoms with van der Waals surface area (Å²) in [6, 6.07) is 10.6. The van der Waals surface area contributed by atoms with E-state index in [9.17, 15) is 9.59 Å². The van der Waals surface area contributed by atoms with Crippen LogP contribution in [0.1, 0.15) is 42.7 Å². The van der Waals surface area contributed by atoms with Crippen molar-refractivity contribution in [2.45, 2.75) is 39.7 Å². The number of rotatable bonds is 6. The molecule has 0 aliphatic rings. The zero-order valence-corrected chi connectivity index (χ0v) is 13.0. The van der Waals surface area contributed by atoms with Gasteiger partial charge in [-0.3, -0.25) is 9.59 Å². The number of unbranched alkanes of at least 4 members (excludes halogenated alkanes) is 1. The van der Waals surface area contributed by atoms with Crippen LogP contribution in [0, 0.1) is 0 Å². The van der Waals surface area contributed by atoms with E-state index in [4.69, 9.17) is 0 Å². The Morgan fingerprint density at radius 1 is 1.14 bits per heavy atom. The first-order valence-electron chi connectivity index (χ1n) is 7.62. The van der Waals surface area contributed by atoms with E-state index in [2.05, 4.69) is 17.3 Å². The minimum Gasteiger partial charge on any atom is -0.321 e. The molecule has 0 atom stereocenters. The summed E-state index contributed by atoms with van der Waals surface area (Å²) in [4.78, 5) is 23.6. The zero-order valence-electron chi connectivity index (χ0n) is 13.0. The van der Waals surface area contributed by atoms with Gasteiger partial charge in [-0.1, -0.05) is 25.5 Å². The lowest BCUT2D eigenvalue weighted by molar-refractivity contribution is 0.102. The van der Waals surface area contributed by atoms with E-state index in [1.165, 1.54) is 22.4 Å². The first kappa shape index (κ1) is 15.9. The van der Waals surface area contributed by atoms with E-state index in [-0.39, 0.29) is 17.2 Å². The maximum atomic E-state index is 12.2. The number of anilines is 1. The molecule has 1 aromatic carbocycles. The summed E-state index contributed by atoms with van der Waals surface area (Å²) in [6.45, 7) is 4.41. The molecule has 0 bridgehead atoms. The number of aryl methyl sites for hydroxylation is 2. The van der Waals surface area contributed by atoms with E-state index < -0.39 is 0 Å². The lowest BCUT2D eigenvalue weighted by Gasteiger charge is -2.07. The number of aromatic nitrogens is 2. The normalized spacial score (nSPS) is 10.5. The van der Waals surface area contributed by atoms with Gasteiger partial charge in [0.1, 0.15) is 5.69 Å². The Bertz CT molecular complexity index is 690. The van der Waals surface area contributed by atoms with Gasteiger partial charge in [0.25, 0.3) is 11.5 Å². The first-order valence-corrected chi connectivity index (χ1v) is 7.62. The van der Waals surface area contributed by atoms with Gasteiger partial charge >= 0.3 is 0 Å². The SMILES string of the molecule is CCCCc1ccc(NC(=O)c2ccc(=O)n(CC)n2)cc1. The third-order valence-corrected chi connectivity index (χ3v) is 3.43. The Morgan fingerprint density at radius 2 is 1.86 bits per heavy atom. The lowest BCUT2D eigenvalue weighted by Crippen LogP contribution is -2.25. The largest absolute Gasteiger partial charge is 0.321 e. The van der Waals surface area contributed by atoms with Crippen molar-refractivity contribution >= 4 is 11.6 Å². The monoisotopic (exact) mass is 299 g/mol. The summed E-state index contributed by atoms with van der Waals surface area (Å²) in [5, 5.41) is 6.83. The molecule has 5 heteroatoms. The molecule has 0 unspecified atom stereocenters. The Kier molecular flexibility index (Phi) is 5.47. The Labute approximate surface area is 130 Å². The van der Waals surface area contributed by atoms with Crippen LogP contribution in [0.15, 0.2) is 41.2 Å². The van der Waals surface area contributed by atoms with E-state index in [1.54, 1.807) is 0 Å². The van der Waals surface area contributed by atoms with Crippen molar-refractivity contribution in [1.82, 2.24) is 9.78 Å². The molecule has 2 aromatic rings. The predicted molar refractivity (Wildman–Crippen MR) is 87.2 cm³/mol. The van der Waals surface area contributed by atoms with Crippen LogP contribution < -0.4 is 10.9 Å². The fraction of sp³-hybridized carbons (Fsp3) is 0.353. The minimum absolute atomic E-state index is 0.209. The van der Waals surface area contributed by atoms with Crippen molar-refractivity contribution in [2.75, 3.05) is 5.32 Å². The third kappa shape index (κ3) is 4.04. The highest BCUT2D eigenvalue weighted by atomic mass is 16.2. The van der Waals surface area contributed by atoms with Gasteiger partial charge in [-0.2, -0.15) is 5.10 Å². The average Bonchev–Trinajstić information content (AvgIpc) is 2.54. The van der Waals surface area contributed by atoms with Gasteiger partial charge in [-0.15, -0.1) is 0 Å². The summed E-state index contributed by atoms with van der Waals surface area (Å²) in [5.74, 6) is -0.316. The molecule has 1 aromatic heterocycles. The molecule has 0 radical (unpaired) electrons. The van der Waals surface area contributed by atoms with Crippen molar-refractivity contribution in [3.8, 4) is 0 Å². The van der Waals surface area contributed by atoms with Crippen LogP contribution in [0.5, 0.6) is 0 Å². The van der Waals surface area contributed by atoms with E-state index in [0.29, 0.717) is 6.54 Å². The van der Waals surface area contributed by atoms with E-state index in [1.807, 2.05) is 31.2 Å². The second kappa shape index (κ2) is 7.54. The topological polar surface area (TPSA) is 64.0 Å². The number of benzene rings is 1. The van der Waals surface area contributed by atoms with E-state index in [0.717, 1.165) is 24.9 Å². The summed E-state index contributed by atoms with van der Waals surface area (Å²) in [6.07, 6.45) is 3.37. The molecule has 0 aliphatic heterocycles. The number of amides is 1. The molecule has 22 heavy (non-hydrogen) atoms. The maximum absolute atomic E-state index is 12.2. The van der Waals surface area contributed by atoms with Crippen LogP contribution in [-0.2, 0) is 13.0 Å². The molecule has 0 aliphatic carbocycles. The fourth-order valence-electron chi connectivity index (χ4n) is 2.13. The van der Waals surface area contributed by atoms with Crippen LogP contribution in [0.3, 0.4) is 0 Å². The molecule has 0 saturated carbocycles. The van der Waals surface area contributed by atoms with E-state index >= 15 is 0 Å². The smallest absolute Gasteiger partial charge is 0.276 e. The van der Waals surface area contributed by atoms with Gasteiger partial charge < -0.3 is 5.32 Å². The fourth-order valence-corrected chi connectivity index (χ4v) is 2.13. The van der Waals surface area contributed by atoms with Gasteiger partial charge in [0.05, 0.1) is 0 Å². The maximum Gasteiger partial charge on any atom is 0.276 e. The summed E-state index contributed by atoms with van der Waals surface area (Å²) in [5.41, 5.74) is 2.01. The van der Waals surface area contributed by atoms with Crippen LogP contribution in [-0.4, -0.2) is 15.7 Å². The average molecular weight is 299 g/mol. The van der Waals surface area contributed by atoms with Gasteiger partial charge in [0.15, 0.2) is 0 Å². The standard InChI is InChI=1S/C17H21N3O2/c1-3-5-6-13-7-9-14(10-8-13)18-17(22)15-11-12-16(21)20(4-2)19-15/h7-12H,3-6H2,1-2H3,(H,18,22). The van der Waals surface area contributed by atoms with Crippen LogP contribution in [0.25, 0.3) is 0 Å². The van der Waals surface area contributed by atoms with Gasteiger partial charge in [0.2, 0.25) is 0 Å². The van der Waals surface area contributed by atoms with Gasteiger partial charge in [-0.25, -0.2) is 4.68 Å². The molecule has 1 amide bonds. The molecule has 116 valence electrons. The molecule has 0 fully saturated rings. The van der Waals surface area contributed by atoms with Crippen molar-refractivity contribution < 1.29 is 4.79 Å². The highest BCUT2D eigenvalue weighted by Gasteiger charge is 2.09. The Balaban J connectivity index is 2.06. The minimum atomic E-state index is -0.316. The summed E-state index contributed by atoms with van der Waals surface area (Å²) < 4.78 is 1.27. The molecule has 1 N–H and O–H groups in total. The summed E-state index contributed by atoms with van der Waals surface area (Å²) in [7, 11) is 0. The second-order valence-electron chi connectivity index (χ2n) is 5.13. The van der Waals surface area contributed by atoms with Crippen LogP contribution in [0.2, 0.25) is 0 Å². The first-order chi connectivity index (χ1) is 10.6. The van der Waals surface area contributed by atoms with Crippen LogP contribution in [0.4, 0.5) is 5.69 Å². The second-order valence-corrected chi connectivity index (χ2v) is 5.13. The summed E-state index contributed by atoms with van der Waals surface area (Å²) >= 11 is 0. The van der Waals surface area contributed by atoms with Gasteiger partial charge in [0, 0.05) is 18.3 Å². The molecular weight excluding hydrogens is 278 g/mol. The third-order valence-electron chi connectivity index (χ3n) is 3.43. The Morgan fingerprint density at radius 3 is 2.50 bits per heavy atom. The lowest BCUT2D eigenvalue weighted by atomic mass is 10.1. The predicted octanol–water partition coefficient (Wildman–Crippen LogP) is 2.86. The zero-order chi connectivity index (χ0) is 15.9. The molecule has 5 nitrogen and oxygen atoms in total. The molecular formula is C17H21N3O2. The van der Waals surface area contributed by atoms with Gasteiger partial charge in [-0.05, 0) is 43.5 Å². The quantitative estimate of drug-likeness (QED) is 0.892. The van der Waals surface area contributed by atoms with Crippen molar-refractivity contribution in [1.29, 1.82) is 0 Å². The van der Waals surface area contributed by atoms with Crippen molar-refractivity contribution in [2.24, 2.45) is 0 Å².